The van der Waals surface area contributed by atoms with E-state index in [1.54, 1.807) is 0 Å². The van der Waals surface area contributed by atoms with Gasteiger partial charge in [-0.25, -0.2) is 0 Å². The lowest BCUT2D eigenvalue weighted by Gasteiger charge is -2.40. The summed E-state index contributed by atoms with van der Waals surface area (Å²) in [6.07, 6.45) is 11.1. The van der Waals surface area contributed by atoms with Crippen molar-refractivity contribution in [1.29, 1.82) is 0 Å². The van der Waals surface area contributed by atoms with Crippen LogP contribution in [0.1, 0.15) is 113 Å². The van der Waals surface area contributed by atoms with E-state index < -0.39 is 14.4 Å². The second-order valence-electron chi connectivity index (χ2n) is 15.5. The molecule has 6 heteroatoms. The van der Waals surface area contributed by atoms with Gasteiger partial charge in [-0.1, -0.05) is 90.4 Å². The van der Waals surface area contributed by atoms with E-state index in [2.05, 4.69) is 93.6 Å². The van der Waals surface area contributed by atoms with Crippen molar-refractivity contribution in [2.24, 2.45) is 11.8 Å². The van der Waals surface area contributed by atoms with Gasteiger partial charge in [-0.15, -0.1) is 0 Å². The van der Waals surface area contributed by atoms with Crippen molar-refractivity contribution in [3.05, 3.63) is 48.0 Å². The number of ether oxygens (including phenoxy) is 3. The number of rotatable bonds is 18. The van der Waals surface area contributed by atoms with Gasteiger partial charge in [-0.2, -0.15) is 0 Å². The predicted molar refractivity (Wildman–Crippen MR) is 183 cm³/mol. The zero-order valence-electron chi connectivity index (χ0n) is 29.5. The van der Waals surface area contributed by atoms with Crippen LogP contribution in [0.4, 0.5) is 0 Å². The average Bonchev–Trinajstić information content (AvgIpc) is 3.37. The third-order valence-corrected chi connectivity index (χ3v) is 13.8. The van der Waals surface area contributed by atoms with Crippen molar-refractivity contribution in [3.63, 3.8) is 0 Å². The van der Waals surface area contributed by atoms with Crippen LogP contribution in [0.2, 0.25) is 18.1 Å². The molecule has 0 bridgehead atoms. The fraction of sp³-hybridized carbons (Fsp3) is 0.784. The molecule has 0 aliphatic carbocycles. The maximum atomic E-state index is 11.0. The van der Waals surface area contributed by atoms with Gasteiger partial charge in [0.05, 0.1) is 43.2 Å². The molecule has 1 aliphatic heterocycles. The molecule has 43 heavy (non-hydrogen) atoms. The van der Waals surface area contributed by atoms with Crippen molar-refractivity contribution in [1.82, 2.24) is 0 Å². The number of hydrogen-bond acceptors (Lipinski definition) is 5. The van der Waals surface area contributed by atoms with Crippen LogP contribution in [-0.4, -0.2) is 56.2 Å². The summed E-state index contributed by atoms with van der Waals surface area (Å²) >= 11 is 0. The Morgan fingerprint density at radius 3 is 2.30 bits per heavy atom. The highest BCUT2D eigenvalue weighted by Crippen LogP contribution is 2.39. The Bertz CT molecular complexity index is 919. The highest BCUT2D eigenvalue weighted by Gasteiger charge is 2.40. The molecule has 1 saturated heterocycles. The first-order valence-electron chi connectivity index (χ1n) is 17.0. The molecule has 1 N–H and O–H groups in total. The molecule has 5 nitrogen and oxygen atoms in total. The van der Waals surface area contributed by atoms with Crippen LogP contribution in [0.25, 0.3) is 0 Å². The molecule has 2 rings (SSSR count). The van der Waals surface area contributed by atoms with E-state index in [1.807, 2.05) is 24.3 Å². The summed E-state index contributed by atoms with van der Waals surface area (Å²) in [5.41, 5.74) is 0.963. The van der Waals surface area contributed by atoms with Gasteiger partial charge in [0, 0.05) is 17.9 Å². The van der Waals surface area contributed by atoms with Gasteiger partial charge in [-0.05, 0) is 83.0 Å². The monoisotopic (exact) mass is 618 g/mol. The lowest BCUT2D eigenvalue weighted by Crippen LogP contribution is -2.44. The molecule has 7 atom stereocenters. The van der Waals surface area contributed by atoms with Crippen LogP contribution in [-0.2, 0) is 25.2 Å². The molecule has 1 aromatic carbocycles. The number of aliphatic hydroxyl groups excluding tert-OH is 1. The van der Waals surface area contributed by atoms with E-state index in [-0.39, 0.29) is 46.9 Å². The molecule has 1 aromatic rings. The van der Waals surface area contributed by atoms with Crippen LogP contribution in [0.3, 0.4) is 0 Å². The molecular formula is C37H66O5Si. The predicted octanol–water partition coefficient (Wildman–Crippen LogP) is 9.48. The third-order valence-electron chi connectivity index (χ3n) is 9.25. The fourth-order valence-corrected chi connectivity index (χ4v) is 6.98. The lowest BCUT2D eigenvalue weighted by molar-refractivity contribution is -0.0986. The molecule has 1 heterocycles. The van der Waals surface area contributed by atoms with Gasteiger partial charge in [-0.3, -0.25) is 0 Å². The first-order valence-corrected chi connectivity index (χ1v) is 19.9. The number of benzene rings is 1. The molecule has 1 aliphatic rings. The van der Waals surface area contributed by atoms with E-state index in [0.717, 1.165) is 44.9 Å². The number of allylic oxidation sites excluding steroid dienone is 1. The normalized spacial score (nSPS) is 22.0. The van der Waals surface area contributed by atoms with Gasteiger partial charge in [0.2, 0.25) is 0 Å². The van der Waals surface area contributed by atoms with Crippen LogP contribution in [0.15, 0.2) is 42.5 Å². The van der Waals surface area contributed by atoms with Crippen molar-refractivity contribution in [2.45, 2.75) is 168 Å². The van der Waals surface area contributed by atoms with Crippen LogP contribution < -0.4 is 0 Å². The van der Waals surface area contributed by atoms with Crippen molar-refractivity contribution in [3.8, 4) is 0 Å². The standard InChI is InChI=1S/C37H66O5Si/c1-12-18-32(42-43(10,11)37(7,8)9)25-31-23-24-35(40-31)29(3)33(38)21-16-17-22-34(41-36(4,5)6)28(2)26-39-27-30-19-14-13-15-20-30/h13-16,19-21,28-29,31-35,38H,12,17-18,22-27H2,1-11H3/b21-16-/t28-,29-,31-,32-,33+,34+,35+/m0/s1. The first kappa shape index (κ1) is 38.2. The Labute approximate surface area is 266 Å². The Balaban J connectivity index is 1.84. The van der Waals surface area contributed by atoms with E-state index in [0.29, 0.717) is 13.2 Å². The van der Waals surface area contributed by atoms with E-state index in [9.17, 15) is 5.11 Å². The Morgan fingerprint density at radius 1 is 1.02 bits per heavy atom. The molecule has 0 saturated carbocycles. The van der Waals surface area contributed by atoms with Crippen LogP contribution in [0, 0.1) is 11.8 Å². The summed E-state index contributed by atoms with van der Waals surface area (Å²) in [7, 11) is -1.82. The van der Waals surface area contributed by atoms with Gasteiger partial charge in [0.25, 0.3) is 0 Å². The molecule has 248 valence electrons. The largest absolute Gasteiger partial charge is 0.414 e. The minimum Gasteiger partial charge on any atom is -0.414 e. The summed E-state index contributed by atoms with van der Waals surface area (Å²) in [4.78, 5) is 0. The average molecular weight is 619 g/mol. The quantitative estimate of drug-likeness (QED) is 0.131. The second kappa shape index (κ2) is 17.6. The van der Waals surface area contributed by atoms with Crippen molar-refractivity contribution >= 4 is 8.32 Å². The van der Waals surface area contributed by atoms with E-state index >= 15 is 0 Å². The summed E-state index contributed by atoms with van der Waals surface area (Å²) < 4.78 is 25.8. The molecule has 1 fully saturated rings. The van der Waals surface area contributed by atoms with Crippen molar-refractivity contribution in [2.75, 3.05) is 6.61 Å². The summed E-state index contributed by atoms with van der Waals surface area (Å²) in [6.45, 7) is 25.8. The molecule has 0 radical (unpaired) electrons. The van der Waals surface area contributed by atoms with Gasteiger partial charge >= 0.3 is 0 Å². The molecule has 0 unspecified atom stereocenters. The molecule has 0 aromatic heterocycles. The van der Waals surface area contributed by atoms with Crippen molar-refractivity contribution < 1.29 is 23.7 Å². The minimum absolute atomic E-state index is 0.0547. The highest BCUT2D eigenvalue weighted by atomic mass is 28.4. The zero-order chi connectivity index (χ0) is 32.3. The number of hydrogen-bond donors (Lipinski definition) is 1. The Hall–Kier alpha value is -1.02. The minimum atomic E-state index is -1.82. The van der Waals surface area contributed by atoms with Gasteiger partial charge in [0.15, 0.2) is 8.32 Å². The Kier molecular flexibility index (Phi) is 15.6. The highest BCUT2D eigenvalue weighted by molar-refractivity contribution is 6.74. The molecular weight excluding hydrogens is 552 g/mol. The zero-order valence-corrected chi connectivity index (χ0v) is 30.5. The maximum Gasteiger partial charge on any atom is 0.192 e. The van der Waals surface area contributed by atoms with Gasteiger partial charge in [0.1, 0.15) is 0 Å². The lowest BCUT2D eigenvalue weighted by atomic mass is 9.94. The summed E-state index contributed by atoms with van der Waals surface area (Å²) in [5, 5.41) is 11.2. The number of aliphatic hydroxyl groups is 1. The van der Waals surface area contributed by atoms with E-state index in [1.165, 1.54) is 5.56 Å². The smallest absolute Gasteiger partial charge is 0.192 e. The van der Waals surface area contributed by atoms with Gasteiger partial charge < -0.3 is 23.7 Å². The maximum absolute atomic E-state index is 11.0. The molecule has 0 amide bonds. The fourth-order valence-electron chi connectivity index (χ4n) is 5.58. The van der Waals surface area contributed by atoms with Crippen LogP contribution >= 0.6 is 0 Å². The SMILES string of the molecule is CCC[C@@H](C[C@@H]1CC[C@H]([C@@H](C)[C@H](O)/C=C\CC[C@@H](OC(C)(C)C)[C@@H](C)COCc2ccccc2)O1)O[Si](C)(C)C(C)(C)C. The van der Waals surface area contributed by atoms with E-state index in [4.69, 9.17) is 18.6 Å². The molecule has 0 spiro atoms. The van der Waals surface area contributed by atoms with Crippen LogP contribution in [0.5, 0.6) is 0 Å². The third kappa shape index (κ3) is 13.9. The Morgan fingerprint density at radius 2 is 1.70 bits per heavy atom. The second-order valence-corrected chi connectivity index (χ2v) is 20.3. The first-order chi connectivity index (χ1) is 20.0. The topological polar surface area (TPSA) is 57.2 Å². The summed E-state index contributed by atoms with van der Waals surface area (Å²) in [5.74, 6) is 0.320. The summed E-state index contributed by atoms with van der Waals surface area (Å²) in [6, 6.07) is 10.3.